The second-order valence-corrected chi connectivity index (χ2v) is 6.87. The smallest absolute Gasteiger partial charge is 0.338 e. The molecule has 0 bridgehead atoms. The molecule has 1 saturated carbocycles. The van der Waals surface area contributed by atoms with Gasteiger partial charge in [-0.15, -0.1) is 0 Å². The average Bonchev–Trinajstić information content (AvgIpc) is 2.56. The fourth-order valence-corrected chi connectivity index (χ4v) is 3.01. The number of ether oxygens (including phenoxy) is 1. The van der Waals surface area contributed by atoms with Gasteiger partial charge in [0.15, 0.2) is 6.10 Å². The maximum atomic E-state index is 12.3. The first-order valence-electron chi connectivity index (χ1n) is 8.67. The van der Waals surface area contributed by atoms with Crippen LogP contribution in [0.2, 0.25) is 0 Å². The highest BCUT2D eigenvalue weighted by Gasteiger charge is 2.26. The summed E-state index contributed by atoms with van der Waals surface area (Å²) in [6.45, 7) is 3.78. The highest BCUT2D eigenvalue weighted by molar-refractivity contribution is 5.92. The Morgan fingerprint density at radius 2 is 1.79 bits per heavy atom. The van der Waals surface area contributed by atoms with Crippen LogP contribution in [0.4, 0.5) is 5.69 Å². The number of rotatable bonds is 5. The number of carbonyl (C=O) groups is 2. The Hall–Kier alpha value is -2.04. The monoisotopic (exact) mass is 332 g/mol. The van der Waals surface area contributed by atoms with Gasteiger partial charge in [0, 0.05) is 25.8 Å². The molecule has 0 heterocycles. The second kappa shape index (κ2) is 8.18. The van der Waals surface area contributed by atoms with Crippen LogP contribution in [-0.2, 0) is 9.53 Å². The maximum absolute atomic E-state index is 12.3. The van der Waals surface area contributed by atoms with Crippen molar-refractivity contribution in [3.63, 3.8) is 0 Å². The van der Waals surface area contributed by atoms with Crippen molar-refractivity contribution in [2.45, 2.75) is 51.7 Å². The molecule has 1 aliphatic carbocycles. The van der Waals surface area contributed by atoms with Crippen LogP contribution in [-0.4, -0.2) is 38.1 Å². The average molecular weight is 332 g/mol. The lowest BCUT2D eigenvalue weighted by Crippen LogP contribution is -2.45. The van der Waals surface area contributed by atoms with Gasteiger partial charge in [0.1, 0.15) is 0 Å². The van der Waals surface area contributed by atoms with E-state index in [0.29, 0.717) is 11.5 Å². The van der Waals surface area contributed by atoms with Gasteiger partial charge in [-0.25, -0.2) is 4.79 Å². The zero-order valence-electron chi connectivity index (χ0n) is 15.0. The molecule has 1 N–H and O–H groups in total. The number of nitrogens with zero attached hydrogens (tertiary/aromatic N) is 1. The van der Waals surface area contributed by atoms with Crippen molar-refractivity contribution < 1.29 is 14.3 Å². The first kappa shape index (κ1) is 18.3. The fourth-order valence-electron chi connectivity index (χ4n) is 3.01. The summed E-state index contributed by atoms with van der Waals surface area (Å²) in [4.78, 5) is 26.4. The molecule has 5 heteroatoms. The maximum Gasteiger partial charge on any atom is 0.338 e. The van der Waals surface area contributed by atoms with Crippen molar-refractivity contribution in [3.8, 4) is 0 Å². The van der Waals surface area contributed by atoms with E-state index in [1.54, 1.807) is 19.1 Å². The number of esters is 1. The molecule has 0 spiro atoms. The first-order chi connectivity index (χ1) is 11.4. The van der Waals surface area contributed by atoms with E-state index in [2.05, 4.69) is 12.2 Å². The van der Waals surface area contributed by atoms with Crippen molar-refractivity contribution in [3.05, 3.63) is 29.8 Å². The van der Waals surface area contributed by atoms with Crippen molar-refractivity contribution in [2.24, 2.45) is 5.92 Å². The summed E-state index contributed by atoms with van der Waals surface area (Å²) >= 11 is 0. The van der Waals surface area contributed by atoms with Crippen LogP contribution in [0.5, 0.6) is 0 Å². The number of hydrogen-bond acceptors (Lipinski definition) is 4. The molecule has 1 fully saturated rings. The molecular formula is C19H28N2O3. The Morgan fingerprint density at radius 1 is 1.17 bits per heavy atom. The molecule has 2 rings (SSSR count). The molecule has 1 amide bonds. The standard InChI is InChI=1S/C19H28N2O3/c1-13-7-5-6-8-17(13)20-18(22)14(2)24-19(23)15-9-11-16(12-10-15)21(3)4/h9-14,17H,5-8H2,1-4H3,(H,20,22)/t13-,14+,17+/m0/s1. The van der Waals surface area contributed by atoms with Crippen LogP contribution < -0.4 is 10.2 Å². The number of anilines is 1. The normalized spacial score (nSPS) is 21.7. The third-order valence-electron chi connectivity index (χ3n) is 4.71. The van der Waals surface area contributed by atoms with Crippen molar-refractivity contribution >= 4 is 17.6 Å². The highest BCUT2D eigenvalue weighted by Crippen LogP contribution is 2.23. The van der Waals surface area contributed by atoms with E-state index in [0.717, 1.165) is 24.9 Å². The summed E-state index contributed by atoms with van der Waals surface area (Å²) in [5.74, 6) is -0.212. The molecule has 24 heavy (non-hydrogen) atoms. The molecular weight excluding hydrogens is 304 g/mol. The van der Waals surface area contributed by atoms with Crippen LogP contribution in [0.15, 0.2) is 24.3 Å². The molecule has 1 aliphatic rings. The van der Waals surface area contributed by atoms with Gasteiger partial charge in [0.05, 0.1) is 5.56 Å². The number of nitrogens with one attached hydrogen (secondary N) is 1. The van der Waals surface area contributed by atoms with Gasteiger partial charge in [-0.3, -0.25) is 4.79 Å². The van der Waals surface area contributed by atoms with Gasteiger partial charge < -0.3 is 15.0 Å². The summed E-state index contributed by atoms with van der Waals surface area (Å²) in [6, 6.07) is 7.32. The molecule has 0 unspecified atom stereocenters. The minimum Gasteiger partial charge on any atom is -0.449 e. The number of hydrogen-bond donors (Lipinski definition) is 1. The van der Waals surface area contributed by atoms with Gasteiger partial charge in [0.2, 0.25) is 0 Å². The van der Waals surface area contributed by atoms with Gasteiger partial charge in [-0.1, -0.05) is 19.8 Å². The molecule has 0 aliphatic heterocycles. The quantitative estimate of drug-likeness (QED) is 0.842. The van der Waals surface area contributed by atoms with Gasteiger partial charge in [0.25, 0.3) is 5.91 Å². The third-order valence-corrected chi connectivity index (χ3v) is 4.71. The summed E-state index contributed by atoms with van der Waals surface area (Å²) < 4.78 is 5.31. The van der Waals surface area contributed by atoms with E-state index >= 15 is 0 Å². The van der Waals surface area contributed by atoms with Crippen LogP contribution in [0.3, 0.4) is 0 Å². The molecule has 0 saturated heterocycles. The predicted molar refractivity (Wildman–Crippen MR) is 95.2 cm³/mol. The summed E-state index contributed by atoms with van der Waals surface area (Å²) in [7, 11) is 3.87. The lowest BCUT2D eigenvalue weighted by atomic mass is 9.86. The van der Waals surface area contributed by atoms with E-state index in [4.69, 9.17) is 4.74 Å². The van der Waals surface area contributed by atoms with Crippen LogP contribution in [0.25, 0.3) is 0 Å². The fraction of sp³-hybridized carbons (Fsp3) is 0.579. The molecule has 132 valence electrons. The second-order valence-electron chi connectivity index (χ2n) is 6.87. The Labute approximate surface area is 144 Å². The predicted octanol–water partition coefficient (Wildman–Crippen LogP) is 2.99. The Kier molecular flexibility index (Phi) is 6.23. The van der Waals surface area contributed by atoms with E-state index in [9.17, 15) is 9.59 Å². The SMILES string of the molecule is C[C@@H](OC(=O)c1ccc(N(C)C)cc1)C(=O)N[C@@H]1CCCC[C@@H]1C. The number of benzene rings is 1. The van der Waals surface area contributed by atoms with Crippen LogP contribution >= 0.6 is 0 Å². The first-order valence-corrected chi connectivity index (χ1v) is 8.67. The lowest BCUT2D eigenvalue weighted by Gasteiger charge is -2.30. The Balaban J connectivity index is 1.89. The Morgan fingerprint density at radius 3 is 2.38 bits per heavy atom. The van der Waals surface area contributed by atoms with Crippen molar-refractivity contribution in [2.75, 3.05) is 19.0 Å². The highest BCUT2D eigenvalue weighted by atomic mass is 16.5. The third kappa shape index (κ3) is 4.73. The topological polar surface area (TPSA) is 58.6 Å². The molecule has 5 nitrogen and oxygen atoms in total. The molecule has 0 radical (unpaired) electrons. The molecule has 1 aromatic rings. The van der Waals surface area contributed by atoms with E-state index in [1.807, 2.05) is 31.1 Å². The molecule has 0 aromatic heterocycles. The number of amides is 1. The minimum absolute atomic E-state index is 0.187. The summed E-state index contributed by atoms with van der Waals surface area (Å²) in [5, 5.41) is 3.03. The van der Waals surface area contributed by atoms with Crippen LogP contribution in [0, 0.1) is 5.92 Å². The Bertz CT molecular complexity index is 568. The van der Waals surface area contributed by atoms with Crippen LogP contribution in [0.1, 0.15) is 49.9 Å². The summed E-state index contributed by atoms with van der Waals surface area (Å²) in [5.41, 5.74) is 1.45. The van der Waals surface area contributed by atoms with Crippen molar-refractivity contribution in [1.82, 2.24) is 5.32 Å². The number of carbonyl (C=O) groups excluding carboxylic acids is 2. The largest absolute Gasteiger partial charge is 0.449 e. The van der Waals surface area contributed by atoms with E-state index in [-0.39, 0.29) is 11.9 Å². The zero-order chi connectivity index (χ0) is 17.7. The van der Waals surface area contributed by atoms with Crippen molar-refractivity contribution in [1.29, 1.82) is 0 Å². The molecule has 3 atom stereocenters. The van der Waals surface area contributed by atoms with E-state index < -0.39 is 12.1 Å². The summed E-state index contributed by atoms with van der Waals surface area (Å²) in [6.07, 6.45) is 3.71. The van der Waals surface area contributed by atoms with Gasteiger partial charge in [-0.05, 0) is 49.9 Å². The van der Waals surface area contributed by atoms with Gasteiger partial charge in [-0.2, -0.15) is 0 Å². The molecule has 1 aromatic carbocycles. The van der Waals surface area contributed by atoms with Gasteiger partial charge >= 0.3 is 5.97 Å². The minimum atomic E-state index is -0.792. The zero-order valence-corrected chi connectivity index (χ0v) is 15.0. The lowest BCUT2D eigenvalue weighted by molar-refractivity contribution is -0.130. The van der Waals surface area contributed by atoms with E-state index in [1.165, 1.54) is 6.42 Å².